The van der Waals surface area contributed by atoms with Crippen LogP contribution in [0.5, 0.6) is 5.75 Å². The van der Waals surface area contributed by atoms with Crippen molar-refractivity contribution in [1.29, 1.82) is 0 Å². The zero-order valence-electron chi connectivity index (χ0n) is 9.43. The topological polar surface area (TPSA) is 62.2 Å². The van der Waals surface area contributed by atoms with Crippen LogP contribution in [0.4, 0.5) is 0 Å². The molecule has 0 radical (unpaired) electrons. The van der Waals surface area contributed by atoms with Gasteiger partial charge in [-0.2, -0.15) is 0 Å². The molecule has 5 heteroatoms. The summed E-state index contributed by atoms with van der Waals surface area (Å²) in [6, 6.07) is 8.25. The number of halogens is 1. The van der Waals surface area contributed by atoms with Crippen LogP contribution < -0.4 is 5.32 Å². The predicted molar refractivity (Wildman–Crippen MR) is 68.5 cm³/mol. The Morgan fingerprint density at radius 3 is 2.94 bits per heavy atom. The van der Waals surface area contributed by atoms with E-state index in [0.29, 0.717) is 17.1 Å². The van der Waals surface area contributed by atoms with Crippen LogP contribution in [0.2, 0.25) is 5.02 Å². The molecule has 0 bridgehead atoms. The highest BCUT2D eigenvalue weighted by Gasteiger charge is 2.09. The fraction of sp³-hybridized carbons (Fsp3) is 0.0769. The standard InChI is InChI=1S/C13H11ClN2O2/c14-12-8-15-5-4-11(12)13(18)16-7-9-2-1-3-10(17)6-9/h1-6,8,17H,7H2,(H,16,18). The lowest BCUT2D eigenvalue weighted by atomic mass is 10.2. The maximum absolute atomic E-state index is 11.8. The van der Waals surface area contributed by atoms with Crippen LogP contribution in [-0.4, -0.2) is 16.0 Å². The number of nitrogens with zero attached hydrogens (tertiary/aromatic N) is 1. The van der Waals surface area contributed by atoms with E-state index in [4.69, 9.17) is 11.6 Å². The van der Waals surface area contributed by atoms with E-state index in [1.807, 2.05) is 6.07 Å². The average Bonchev–Trinajstić information content (AvgIpc) is 2.37. The van der Waals surface area contributed by atoms with Gasteiger partial charge in [0.1, 0.15) is 5.75 Å². The van der Waals surface area contributed by atoms with Crippen molar-refractivity contribution in [2.75, 3.05) is 0 Å². The van der Waals surface area contributed by atoms with Crippen molar-refractivity contribution < 1.29 is 9.90 Å². The zero-order chi connectivity index (χ0) is 13.0. The van der Waals surface area contributed by atoms with Gasteiger partial charge < -0.3 is 10.4 Å². The Labute approximate surface area is 109 Å². The van der Waals surface area contributed by atoms with Gasteiger partial charge in [-0.05, 0) is 23.8 Å². The lowest BCUT2D eigenvalue weighted by Crippen LogP contribution is -2.23. The van der Waals surface area contributed by atoms with Crippen LogP contribution in [0.25, 0.3) is 0 Å². The molecule has 2 aromatic rings. The molecule has 0 aliphatic heterocycles. The molecule has 0 aliphatic carbocycles. The minimum Gasteiger partial charge on any atom is -0.508 e. The van der Waals surface area contributed by atoms with Crippen molar-refractivity contribution in [3.05, 3.63) is 58.9 Å². The first-order chi connectivity index (χ1) is 8.66. The third-order valence-corrected chi connectivity index (χ3v) is 2.68. The molecular formula is C13H11ClN2O2. The van der Waals surface area contributed by atoms with Gasteiger partial charge in [-0.3, -0.25) is 9.78 Å². The largest absolute Gasteiger partial charge is 0.508 e. The molecule has 18 heavy (non-hydrogen) atoms. The second-order valence-electron chi connectivity index (χ2n) is 3.71. The van der Waals surface area contributed by atoms with Gasteiger partial charge in [0.05, 0.1) is 10.6 Å². The molecule has 2 N–H and O–H groups in total. The van der Waals surface area contributed by atoms with Crippen LogP contribution in [0.1, 0.15) is 15.9 Å². The molecular weight excluding hydrogens is 252 g/mol. The Bertz CT molecular complexity index is 572. The molecule has 92 valence electrons. The maximum Gasteiger partial charge on any atom is 0.253 e. The number of phenols is 1. The summed E-state index contributed by atoms with van der Waals surface area (Å²) in [5.41, 5.74) is 1.19. The monoisotopic (exact) mass is 262 g/mol. The van der Waals surface area contributed by atoms with Crippen LogP contribution >= 0.6 is 11.6 Å². The van der Waals surface area contributed by atoms with Gasteiger partial charge in [0.2, 0.25) is 0 Å². The summed E-state index contributed by atoms with van der Waals surface area (Å²) < 4.78 is 0. The minimum atomic E-state index is -0.272. The van der Waals surface area contributed by atoms with E-state index in [0.717, 1.165) is 5.56 Å². The average molecular weight is 263 g/mol. The molecule has 0 saturated carbocycles. The molecule has 0 saturated heterocycles. The highest BCUT2D eigenvalue weighted by Crippen LogP contribution is 2.14. The summed E-state index contributed by atoms with van der Waals surface area (Å²) in [4.78, 5) is 15.7. The van der Waals surface area contributed by atoms with Crippen LogP contribution in [-0.2, 0) is 6.54 Å². The number of carbonyl (C=O) groups is 1. The molecule has 0 spiro atoms. The summed E-state index contributed by atoms with van der Waals surface area (Å²) >= 11 is 5.86. The fourth-order valence-electron chi connectivity index (χ4n) is 1.50. The lowest BCUT2D eigenvalue weighted by Gasteiger charge is -2.06. The van der Waals surface area contributed by atoms with Crippen molar-refractivity contribution in [3.63, 3.8) is 0 Å². The van der Waals surface area contributed by atoms with Crippen molar-refractivity contribution in [1.82, 2.24) is 10.3 Å². The number of hydrogen-bond donors (Lipinski definition) is 2. The first kappa shape index (κ1) is 12.4. The van der Waals surface area contributed by atoms with Gasteiger partial charge in [-0.15, -0.1) is 0 Å². The molecule has 1 amide bonds. The Morgan fingerprint density at radius 2 is 2.22 bits per heavy atom. The maximum atomic E-state index is 11.8. The van der Waals surface area contributed by atoms with E-state index in [1.165, 1.54) is 12.4 Å². The van der Waals surface area contributed by atoms with Gasteiger partial charge in [-0.25, -0.2) is 0 Å². The number of phenolic OH excluding ortho intramolecular Hbond substituents is 1. The third kappa shape index (κ3) is 2.99. The van der Waals surface area contributed by atoms with E-state index < -0.39 is 0 Å². The summed E-state index contributed by atoms with van der Waals surface area (Å²) in [6.45, 7) is 0.325. The quantitative estimate of drug-likeness (QED) is 0.893. The Balaban J connectivity index is 2.03. The number of carbonyl (C=O) groups excluding carboxylic acids is 1. The first-order valence-corrected chi connectivity index (χ1v) is 5.70. The number of rotatable bonds is 3. The highest BCUT2D eigenvalue weighted by atomic mass is 35.5. The van der Waals surface area contributed by atoms with E-state index in [1.54, 1.807) is 24.3 Å². The molecule has 1 aromatic heterocycles. The second kappa shape index (κ2) is 5.51. The Morgan fingerprint density at radius 1 is 1.39 bits per heavy atom. The van der Waals surface area contributed by atoms with Crippen molar-refractivity contribution >= 4 is 17.5 Å². The van der Waals surface area contributed by atoms with Gasteiger partial charge in [-0.1, -0.05) is 23.7 Å². The lowest BCUT2D eigenvalue weighted by molar-refractivity contribution is 0.0951. The van der Waals surface area contributed by atoms with Crippen LogP contribution in [0, 0.1) is 0 Å². The number of pyridine rings is 1. The molecule has 1 aromatic carbocycles. The summed E-state index contributed by atoms with van der Waals surface area (Å²) in [5.74, 6) is -0.102. The van der Waals surface area contributed by atoms with Gasteiger partial charge in [0, 0.05) is 18.9 Å². The molecule has 2 rings (SSSR count). The minimum absolute atomic E-state index is 0.170. The number of hydrogen-bond acceptors (Lipinski definition) is 3. The van der Waals surface area contributed by atoms with Crippen LogP contribution in [0.15, 0.2) is 42.7 Å². The molecule has 0 fully saturated rings. The Kier molecular flexibility index (Phi) is 3.79. The Hall–Kier alpha value is -2.07. The van der Waals surface area contributed by atoms with Gasteiger partial charge in [0.25, 0.3) is 5.91 Å². The van der Waals surface area contributed by atoms with Crippen LogP contribution in [0.3, 0.4) is 0 Å². The van der Waals surface area contributed by atoms with Crippen molar-refractivity contribution in [2.24, 2.45) is 0 Å². The first-order valence-electron chi connectivity index (χ1n) is 5.32. The summed E-state index contributed by atoms with van der Waals surface area (Å²) in [5, 5.41) is 12.3. The van der Waals surface area contributed by atoms with E-state index in [9.17, 15) is 9.90 Å². The van der Waals surface area contributed by atoms with Crippen molar-refractivity contribution in [2.45, 2.75) is 6.54 Å². The van der Waals surface area contributed by atoms with Crippen molar-refractivity contribution in [3.8, 4) is 5.75 Å². The van der Waals surface area contributed by atoms with Gasteiger partial charge in [0.15, 0.2) is 0 Å². The predicted octanol–water partition coefficient (Wildman–Crippen LogP) is 2.37. The zero-order valence-corrected chi connectivity index (χ0v) is 10.2. The summed E-state index contributed by atoms with van der Waals surface area (Å²) in [7, 11) is 0. The molecule has 0 aliphatic rings. The number of benzene rings is 1. The highest BCUT2D eigenvalue weighted by molar-refractivity contribution is 6.33. The molecule has 0 unspecified atom stereocenters. The number of amides is 1. The molecule has 1 heterocycles. The van der Waals surface area contributed by atoms with E-state index in [2.05, 4.69) is 10.3 Å². The van der Waals surface area contributed by atoms with E-state index in [-0.39, 0.29) is 11.7 Å². The number of aromatic hydroxyl groups is 1. The second-order valence-corrected chi connectivity index (χ2v) is 4.12. The number of aromatic nitrogens is 1. The van der Waals surface area contributed by atoms with E-state index >= 15 is 0 Å². The molecule has 0 atom stereocenters. The normalized spacial score (nSPS) is 10.1. The molecule has 4 nitrogen and oxygen atoms in total. The van der Waals surface area contributed by atoms with Gasteiger partial charge >= 0.3 is 0 Å². The summed E-state index contributed by atoms with van der Waals surface area (Å²) in [6.07, 6.45) is 2.93. The SMILES string of the molecule is O=C(NCc1cccc(O)c1)c1ccncc1Cl. The smallest absolute Gasteiger partial charge is 0.253 e. The fourth-order valence-corrected chi connectivity index (χ4v) is 1.71. The third-order valence-electron chi connectivity index (χ3n) is 2.38. The number of nitrogens with one attached hydrogen (secondary N) is 1.